The highest BCUT2D eigenvalue weighted by Crippen LogP contribution is 2.14. The minimum Gasteiger partial charge on any atom is -0.464 e. The third-order valence-electron chi connectivity index (χ3n) is 1.48. The van der Waals surface area contributed by atoms with Gasteiger partial charge in [0.2, 0.25) is 5.17 Å². The summed E-state index contributed by atoms with van der Waals surface area (Å²) < 4.78 is 5.33. The van der Waals surface area contributed by atoms with E-state index in [1.54, 1.807) is 12.1 Å². The molecule has 0 aromatic heterocycles. The Morgan fingerprint density at radius 1 is 1.47 bits per heavy atom. The predicted molar refractivity (Wildman–Crippen MR) is 63.1 cm³/mol. The lowest BCUT2D eigenvalue weighted by atomic mass is 10.3. The SMILES string of the molecule is COC(=O)C(Cl)=NNc1ccc(Br)cc1. The summed E-state index contributed by atoms with van der Waals surface area (Å²) in [6.45, 7) is 0. The summed E-state index contributed by atoms with van der Waals surface area (Å²) in [6.07, 6.45) is 0. The van der Waals surface area contributed by atoms with E-state index in [1.807, 2.05) is 12.1 Å². The molecule has 1 N–H and O–H groups in total. The minimum absolute atomic E-state index is 0.250. The van der Waals surface area contributed by atoms with E-state index in [4.69, 9.17) is 11.6 Å². The van der Waals surface area contributed by atoms with Crippen molar-refractivity contribution in [2.24, 2.45) is 5.10 Å². The number of carbonyl (C=O) groups excluding carboxylic acids is 1. The molecule has 80 valence electrons. The van der Waals surface area contributed by atoms with Gasteiger partial charge in [-0.2, -0.15) is 5.10 Å². The van der Waals surface area contributed by atoms with E-state index >= 15 is 0 Å². The van der Waals surface area contributed by atoms with Crippen LogP contribution in [0.2, 0.25) is 0 Å². The van der Waals surface area contributed by atoms with E-state index in [-0.39, 0.29) is 5.17 Å². The van der Waals surface area contributed by atoms with Crippen LogP contribution >= 0.6 is 27.5 Å². The molecule has 1 rings (SSSR count). The number of hydrazone groups is 1. The molecule has 0 unspecified atom stereocenters. The number of hydrogen-bond donors (Lipinski definition) is 1. The van der Waals surface area contributed by atoms with Crippen LogP contribution in [0.15, 0.2) is 33.8 Å². The zero-order valence-electron chi connectivity index (χ0n) is 7.83. The molecule has 0 radical (unpaired) electrons. The molecule has 1 aromatic carbocycles. The molecule has 0 atom stereocenters. The topological polar surface area (TPSA) is 50.7 Å². The first-order valence-electron chi connectivity index (χ1n) is 3.96. The van der Waals surface area contributed by atoms with Crippen molar-refractivity contribution in [3.05, 3.63) is 28.7 Å². The third kappa shape index (κ3) is 3.89. The lowest BCUT2D eigenvalue weighted by Crippen LogP contribution is -2.11. The minimum atomic E-state index is -0.679. The van der Waals surface area contributed by atoms with Gasteiger partial charge in [-0.3, -0.25) is 5.43 Å². The summed E-state index contributed by atoms with van der Waals surface area (Å²) >= 11 is 8.81. The Balaban J connectivity index is 2.63. The van der Waals surface area contributed by atoms with Gasteiger partial charge in [-0.05, 0) is 24.3 Å². The summed E-state index contributed by atoms with van der Waals surface area (Å²) in [5.41, 5.74) is 3.34. The normalized spacial score (nSPS) is 11.0. The molecule has 0 spiro atoms. The molecule has 0 bridgehead atoms. The van der Waals surface area contributed by atoms with Gasteiger partial charge in [0, 0.05) is 4.47 Å². The zero-order chi connectivity index (χ0) is 11.3. The summed E-state index contributed by atoms with van der Waals surface area (Å²) in [5, 5.41) is 3.39. The van der Waals surface area contributed by atoms with Crippen molar-refractivity contribution >= 4 is 44.4 Å². The van der Waals surface area contributed by atoms with Crippen LogP contribution < -0.4 is 5.43 Å². The quantitative estimate of drug-likeness (QED) is 0.529. The summed E-state index contributed by atoms with van der Waals surface area (Å²) in [6, 6.07) is 7.25. The van der Waals surface area contributed by atoms with Crippen LogP contribution in [0.3, 0.4) is 0 Å². The number of halogens is 2. The Kier molecular flexibility index (Phi) is 4.58. The first-order chi connectivity index (χ1) is 7.13. The number of rotatable bonds is 3. The van der Waals surface area contributed by atoms with Crippen LogP contribution in [0.4, 0.5) is 5.69 Å². The molecule has 0 fully saturated rings. The Morgan fingerprint density at radius 2 is 2.07 bits per heavy atom. The van der Waals surface area contributed by atoms with Crippen LogP contribution in [0.5, 0.6) is 0 Å². The molecule has 6 heteroatoms. The van der Waals surface area contributed by atoms with Crippen molar-refractivity contribution in [2.45, 2.75) is 0 Å². The van der Waals surface area contributed by atoms with Gasteiger partial charge >= 0.3 is 5.97 Å². The standard InChI is InChI=1S/C9H8BrClN2O2/c1-15-9(14)8(11)13-12-7-4-2-6(10)3-5-7/h2-5,12H,1H3. The number of esters is 1. The highest BCUT2D eigenvalue weighted by molar-refractivity contribution is 9.10. The number of nitrogens with one attached hydrogen (secondary N) is 1. The lowest BCUT2D eigenvalue weighted by Gasteiger charge is -2.00. The van der Waals surface area contributed by atoms with Gasteiger partial charge in [-0.25, -0.2) is 4.79 Å². The smallest absolute Gasteiger partial charge is 0.370 e. The van der Waals surface area contributed by atoms with Crippen LogP contribution in [0.25, 0.3) is 0 Å². The number of hydrogen-bond acceptors (Lipinski definition) is 4. The molecular weight excluding hydrogens is 283 g/mol. The Morgan fingerprint density at radius 3 is 2.60 bits per heavy atom. The highest BCUT2D eigenvalue weighted by Gasteiger charge is 2.06. The van der Waals surface area contributed by atoms with Crippen molar-refractivity contribution in [2.75, 3.05) is 12.5 Å². The van der Waals surface area contributed by atoms with Crippen LogP contribution in [0.1, 0.15) is 0 Å². The molecule has 0 aliphatic rings. The van der Waals surface area contributed by atoms with Crippen LogP contribution in [-0.4, -0.2) is 18.2 Å². The van der Waals surface area contributed by atoms with E-state index in [0.29, 0.717) is 0 Å². The fraction of sp³-hybridized carbons (Fsp3) is 0.111. The molecule has 0 saturated carbocycles. The van der Waals surface area contributed by atoms with Crippen LogP contribution in [0, 0.1) is 0 Å². The Labute approximate surface area is 100 Å². The van der Waals surface area contributed by atoms with Gasteiger partial charge in [0.05, 0.1) is 12.8 Å². The molecule has 0 heterocycles. The number of methoxy groups -OCH3 is 1. The maximum absolute atomic E-state index is 10.9. The maximum atomic E-state index is 10.9. The fourth-order valence-corrected chi connectivity index (χ4v) is 1.15. The average molecular weight is 292 g/mol. The van der Waals surface area contributed by atoms with Gasteiger partial charge < -0.3 is 4.74 Å². The van der Waals surface area contributed by atoms with Gasteiger partial charge in [-0.15, -0.1) is 0 Å². The number of carbonyl (C=O) groups is 1. The van der Waals surface area contributed by atoms with Crippen molar-refractivity contribution < 1.29 is 9.53 Å². The van der Waals surface area contributed by atoms with Crippen molar-refractivity contribution in [3.63, 3.8) is 0 Å². The number of nitrogens with zero attached hydrogens (tertiary/aromatic N) is 1. The van der Waals surface area contributed by atoms with Crippen molar-refractivity contribution in [1.82, 2.24) is 0 Å². The number of anilines is 1. The largest absolute Gasteiger partial charge is 0.464 e. The molecule has 0 amide bonds. The first kappa shape index (κ1) is 12.0. The van der Waals surface area contributed by atoms with Crippen molar-refractivity contribution in [1.29, 1.82) is 0 Å². The summed E-state index contributed by atoms with van der Waals surface area (Å²) in [5.74, 6) is -0.679. The molecule has 0 aliphatic heterocycles. The predicted octanol–water partition coefficient (Wildman–Crippen LogP) is 2.59. The molecular formula is C9H8BrClN2O2. The van der Waals surface area contributed by atoms with E-state index in [2.05, 4.69) is 31.2 Å². The fourth-order valence-electron chi connectivity index (χ4n) is 0.768. The van der Waals surface area contributed by atoms with Crippen LogP contribution in [-0.2, 0) is 9.53 Å². The number of benzene rings is 1. The third-order valence-corrected chi connectivity index (χ3v) is 2.25. The average Bonchev–Trinajstić information content (AvgIpc) is 2.26. The second kappa shape index (κ2) is 5.72. The zero-order valence-corrected chi connectivity index (χ0v) is 10.2. The van der Waals surface area contributed by atoms with Gasteiger partial charge in [0.15, 0.2) is 0 Å². The molecule has 15 heavy (non-hydrogen) atoms. The van der Waals surface area contributed by atoms with Gasteiger partial charge in [0.1, 0.15) is 0 Å². The van der Waals surface area contributed by atoms with E-state index in [9.17, 15) is 4.79 Å². The second-order valence-electron chi connectivity index (χ2n) is 2.51. The first-order valence-corrected chi connectivity index (χ1v) is 5.13. The number of ether oxygens (including phenoxy) is 1. The Bertz CT molecular complexity index is 378. The molecule has 0 aliphatic carbocycles. The lowest BCUT2D eigenvalue weighted by molar-refractivity contribution is -0.132. The van der Waals surface area contributed by atoms with E-state index in [1.165, 1.54) is 7.11 Å². The second-order valence-corrected chi connectivity index (χ2v) is 3.79. The molecule has 0 saturated heterocycles. The van der Waals surface area contributed by atoms with E-state index < -0.39 is 5.97 Å². The van der Waals surface area contributed by atoms with Gasteiger partial charge in [0.25, 0.3) is 0 Å². The summed E-state index contributed by atoms with van der Waals surface area (Å²) in [4.78, 5) is 10.9. The maximum Gasteiger partial charge on any atom is 0.370 e. The summed E-state index contributed by atoms with van der Waals surface area (Å²) in [7, 11) is 1.24. The molecule has 4 nitrogen and oxygen atoms in total. The monoisotopic (exact) mass is 290 g/mol. The highest BCUT2D eigenvalue weighted by atomic mass is 79.9. The van der Waals surface area contributed by atoms with Crippen molar-refractivity contribution in [3.8, 4) is 0 Å². The van der Waals surface area contributed by atoms with Gasteiger partial charge in [-0.1, -0.05) is 27.5 Å². The van der Waals surface area contributed by atoms with E-state index in [0.717, 1.165) is 10.2 Å². The Hall–Kier alpha value is -1.07. The molecule has 1 aromatic rings.